The number of imidazole rings is 1. The maximum atomic E-state index is 5.99. The van der Waals surface area contributed by atoms with Gasteiger partial charge in [-0.25, -0.2) is 24.6 Å². The normalized spacial score (nSPS) is 17.4. The third-order valence-electron chi connectivity index (χ3n) is 7.73. The number of aromatic nitrogens is 7. The van der Waals surface area contributed by atoms with E-state index < -0.39 is 0 Å². The van der Waals surface area contributed by atoms with Gasteiger partial charge in [-0.2, -0.15) is 0 Å². The summed E-state index contributed by atoms with van der Waals surface area (Å²) in [6.07, 6.45) is 5.19. The number of nitrogens with zero attached hydrogens (tertiary/aromatic N) is 10. The Morgan fingerprint density at radius 2 is 1.59 bits per heavy atom. The molecule has 0 saturated carbocycles. The first-order chi connectivity index (χ1) is 20.2. The highest BCUT2D eigenvalue weighted by Gasteiger charge is 2.35. The van der Waals surface area contributed by atoms with E-state index in [1.165, 1.54) is 11.9 Å². The molecule has 1 saturated heterocycles. The zero-order valence-corrected chi connectivity index (χ0v) is 22.6. The number of hydrogen-bond donors (Lipinski definition) is 1. The van der Waals surface area contributed by atoms with Gasteiger partial charge in [0.2, 0.25) is 0 Å². The maximum Gasteiger partial charge on any atom is 0.287 e. The quantitative estimate of drug-likeness (QED) is 0.325. The summed E-state index contributed by atoms with van der Waals surface area (Å²) in [6.45, 7) is 5.29. The van der Waals surface area contributed by atoms with E-state index in [2.05, 4.69) is 94.7 Å². The molecule has 208 valence electrons. The van der Waals surface area contributed by atoms with Crippen molar-refractivity contribution < 1.29 is 4.74 Å². The summed E-state index contributed by atoms with van der Waals surface area (Å²) >= 11 is 0. The molecule has 2 atom stereocenters. The molecule has 4 aliphatic rings. The van der Waals surface area contributed by atoms with E-state index in [1.54, 1.807) is 6.33 Å². The fraction of sp³-hybridized carbons (Fsp3) is 0.310. The number of piperazine rings is 1. The topological polar surface area (TPSA) is 128 Å². The number of nitrogens with two attached hydrogens (primary N) is 1. The summed E-state index contributed by atoms with van der Waals surface area (Å²) in [5.74, 6) is 1.03. The number of rotatable bonds is 7. The Morgan fingerprint density at radius 3 is 2.29 bits per heavy atom. The molecule has 12 heteroatoms. The highest BCUT2D eigenvalue weighted by molar-refractivity contribution is 5.75. The van der Waals surface area contributed by atoms with Crippen LogP contribution in [0.15, 0.2) is 84.5 Å². The molecule has 0 unspecified atom stereocenters. The molecule has 41 heavy (non-hydrogen) atoms. The first-order valence-electron chi connectivity index (χ1n) is 13.8. The lowest BCUT2D eigenvalue weighted by atomic mass is 9.91. The van der Waals surface area contributed by atoms with E-state index in [1.807, 2.05) is 21.5 Å². The lowest BCUT2D eigenvalue weighted by Crippen LogP contribution is -2.51. The molecule has 5 heterocycles. The van der Waals surface area contributed by atoms with Crippen LogP contribution in [0.1, 0.15) is 28.9 Å². The van der Waals surface area contributed by atoms with Gasteiger partial charge in [-0.3, -0.25) is 4.90 Å². The lowest BCUT2D eigenvalue weighted by Gasteiger charge is -2.42. The summed E-state index contributed by atoms with van der Waals surface area (Å²) in [6, 6.07) is 21.9. The van der Waals surface area contributed by atoms with Crippen LogP contribution in [-0.4, -0.2) is 89.7 Å². The van der Waals surface area contributed by atoms with Crippen LogP contribution >= 0.6 is 0 Å². The maximum absolute atomic E-state index is 5.99. The molecule has 1 aromatic heterocycles. The van der Waals surface area contributed by atoms with Crippen molar-refractivity contribution in [2.75, 3.05) is 45.1 Å². The van der Waals surface area contributed by atoms with Crippen molar-refractivity contribution in [3.8, 4) is 11.5 Å². The highest BCUT2D eigenvalue weighted by Crippen LogP contribution is 2.37. The highest BCUT2D eigenvalue weighted by atomic mass is 16.5. The molecule has 4 aliphatic heterocycles. The number of ether oxygens (including phenoxy) is 1. The molecule has 0 radical (unpaired) electrons. The third kappa shape index (κ3) is 4.97. The SMILES string of the molecule is Nc1ncn(Cc2cn([C@H](c3ccccc3)[C@H](c3ccccc3)N3CCN(C4=NCCO4)CC3)nn2)c2ncnc1-2. The van der Waals surface area contributed by atoms with Gasteiger partial charge in [0.15, 0.2) is 11.6 Å². The van der Waals surface area contributed by atoms with Crippen LogP contribution in [0.3, 0.4) is 0 Å². The predicted molar refractivity (Wildman–Crippen MR) is 153 cm³/mol. The number of hydrogen-bond acceptors (Lipinski definition) is 10. The van der Waals surface area contributed by atoms with E-state index in [4.69, 9.17) is 10.5 Å². The minimum absolute atomic E-state index is 0.0280. The van der Waals surface area contributed by atoms with Gasteiger partial charge in [0, 0.05) is 26.2 Å². The second-order valence-electron chi connectivity index (χ2n) is 10.2. The van der Waals surface area contributed by atoms with E-state index in [0.29, 0.717) is 30.5 Å². The zero-order valence-electron chi connectivity index (χ0n) is 22.6. The second-order valence-corrected chi connectivity index (χ2v) is 10.2. The summed E-state index contributed by atoms with van der Waals surface area (Å²) in [5, 5.41) is 9.27. The van der Waals surface area contributed by atoms with Crippen LogP contribution in [-0.2, 0) is 11.3 Å². The molecule has 2 aromatic carbocycles. The lowest BCUT2D eigenvalue weighted by molar-refractivity contribution is 0.0932. The average molecular weight is 550 g/mol. The number of aliphatic imine (C=N–C) groups is 1. The van der Waals surface area contributed by atoms with Crippen molar-refractivity contribution in [1.29, 1.82) is 0 Å². The number of fused-ring (bicyclic) bond motifs is 1. The van der Waals surface area contributed by atoms with Gasteiger partial charge < -0.3 is 19.9 Å². The minimum Gasteiger partial charge on any atom is -0.463 e. The van der Waals surface area contributed by atoms with Crippen molar-refractivity contribution in [3.05, 3.63) is 96.3 Å². The Kier molecular flexibility index (Phi) is 6.73. The molecular weight excluding hydrogens is 518 g/mol. The predicted octanol–water partition coefficient (Wildman–Crippen LogP) is 2.33. The fourth-order valence-electron chi connectivity index (χ4n) is 5.79. The van der Waals surface area contributed by atoms with Crippen LogP contribution < -0.4 is 5.73 Å². The third-order valence-corrected chi connectivity index (χ3v) is 7.73. The summed E-state index contributed by atoms with van der Waals surface area (Å²) in [4.78, 5) is 22.2. The number of amidine groups is 1. The second kappa shape index (κ2) is 11.0. The van der Waals surface area contributed by atoms with Crippen molar-refractivity contribution >= 4 is 11.8 Å². The van der Waals surface area contributed by atoms with Crippen LogP contribution in [0.25, 0.3) is 11.5 Å². The molecule has 0 amide bonds. The molecule has 3 aromatic rings. The first-order valence-corrected chi connectivity index (χ1v) is 13.8. The van der Waals surface area contributed by atoms with Gasteiger partial charge in [0.05, 0.1) is 37.7 Å². The Hall–Kier alpha value is -4.84. The van der Waals surface area contributed by atoms with Crippen LogP contribution in [0.5, 0.6) is 0 Å². The van der Waals surface area contributed by atoms with Crippen molar-refractivity contribution in [2.45, 2.75) is 18.6 Å². The van der Waals surface area contributed by atoms with Crippen molar-refractivity contribution in [3.63, 3.8) is 0 Å². The van der Waals surface area contributed by atoms with Crippen LogP contribution in [0, 0.1) is 0 Å². The molecular formula is C29H31N11O. The summed E-state index contributed by atoms with van der Waals surface area (Å²) in [5.41, 5.74) is 9.76. The number of nitrogen functional groups attached to an aromatic ring is 1. The van der Waals surface area contributed by atoms with Gasteiger partial charge in [-0.15, -0.1) is 5.10 Å². The number of anilines is 1. The fourth-order valence-corrected chi connectivity index (χ4v) is 5.79. The van der Waals surface area contributed by atoms with E-state index in [0.717, 1.165) is 50.0 Å². The number of benzene rings is 2. The van der Waals surface area contributed by atoms with Crippen LogP contribution in [0.2, 0.25) is 0 Å². The molecule has 0 aliphatic carbocycles. The van der Waals surface area contributed by atoms with Crippen LogP contribution in [0.4, 0.5) is 5.82 Å². The molecule has 2 N–H and O–H groups in total. The van der Waals surface area contributed by atoms with Crippen molar-refractivity contribution in [2.24, 2.45) is 4.99 Å². The van der Waals surface area contributed by atoms with Crippen molar-refractivity contribution in [1.82, 2.24) is 44.3 Å². The Morgan fingerprint density at radius 1 is 0.854 bits per heavy atom. The average Bonchev–Trinajstić information content (AvgIpc) is 3.82. The largest absolute Gasteiger partial charge is 0.463 e. The van der Waals surface area contributed by atoms with Gasteiger partial charge in [-0.1, -0.05) is 65.9 Å². The molecule has 1 fully saturated rings. The standard InChI is InChI=1S/C29H31N11O/c30-27-24-28(33-19-32-24)39(20-34-27)17-23-18-40(36-35-23)26(22-9-5-2-6-10-22)25(21-7-3-1-4-8-21)37-12-14-38(15-13-37)29-31-11-16-41-29/h1-10,18-20,25-26H,11-17,30H2/t25-,26+/m0/s1. The Bertz CT molecular complexity index is 1590. The molecule has 0 bridgehead atoms. The van der Waals surface area contributed by atoms with Gasteiger partial charge in [0.1, 0.15) is 24.3 Å². The van der Waals surface area contributed by atoms with E-state index in [9.17, 15) is 0 Å². The van der Waals surface area contributed by atoms with E-state index >= 15 is 0 Å². The van der Waals surface area contributed by atoms with Gasteiger partial charge in [0.25, 0.3) is 6.02 Å². The molecule has 7 rings (SSSR count). The molecule has 12 nitrogen and oxygen atoms in total. The Labute approximate surface area is 237 Å². The first kappa shape index (κ1) is 25.1. The summed E-state index contributed by atoms with van der Waals surface area (Å²) in [7, 11) is 0. The minimum atomic E-state index is -0.111. The Balaban J connectivity index is 1.23. The molecule has 0 spiro atoms. The summed E-state index contributed by atoms with van der Waals surface area (Å²) < 4.78 is 9.65. The van der Waals surface area contributed by atoms with Gasteiger partial charge >= 0.3 is 0 Å². The smallest absolute Gasteiger partial charge is 0.287 e. The van der Waals surface area contributed by atoms with Gasteiger partial charge in [-0.05, 0) is 11.1 Å². The monoisotopic (exact) mass is 549 g/mol. The zero-order chi connectivity index (χ0) is 27.6. The van der Waals surface area contributed by atoms with E-state index in [-0.39, 0.29) is 12.1 Å².